The van der Waals surface area contributed by atoms with Gasteiger partial charge in [-0.15, -0.1) is 0 Å². The van der Waals surface area contributed by atoms with Gasteiger partial charge in [0.15, 0.2) is 0 Å². The molecule has 3 rings (SSSR count). The standard InChI is InChI=1S/C18H24N4O3/c1-20-17(23)15(22-18(24)16-7-6-12(9-19)25-16)8-11-10-21-14-5-3-2-4-13(11)14/h2-5,10,12,15-16,21H,6-9,19H2,1H3,(H,20,23)(H,22,24)/t12-,15+,16+/m1/s1. The van der Waals surface area contributed by atoms with E-state index in [0.717, 1.165) is 22.9 Å². The van der Waals surface area contributed by atoms with Crippen LogP contribution in [0.25, 0.3) is 10.9 Å². The minimum atomic E-state index is -0.655. The normalized spacial score (nSPS) is 21.2. The highest BCUT2D eigenvalue weighted by Crippen LogP contribution is 2.21. The predicted octanol–water partition coefficient (Wildman–Crippen LogP) is 0.447. The summed E-state index contributed by atoms with van der Waals surface area (Å²) in [5.41, 5.74) is 7.57. The van der Waals surface area contributed by atoms with Crippen LogP contribution in [0.5, 0.6) is 0 Å². The average molecular weight is 344 g/mol. The summed E-state index contributed by atoms with van der Waals surface area (Å²) in [5, 5.41) is 6.49. The molecule has 0 aliphatic carbocycles. The summed E-state index contributed by atoms with van der Waals surface area (Å²) in [6, 6.07) is 7.22. The summed E-state index contributed by atoms with van der Waals surface area (Å²) in [7, 11) is 1.56. The first-order chi connectivity index (χ1) is 12.1. The van der Waals surface area contributed by atoms with Gasteiger partial charge in [0.05, 0.1) is 6.10 Å². The second-order valence-electron chi connectivity index (χ2n) is 6.30. The number of carbonyl (C=O) groups is 2. The van der Waals surface area contributed by atoms with Gasteiger partial charge < -0.3 is 26.1 Å². The molecule has 7 heteroatoms. The largest absolute Gasteiger partial charge is 0.364 e. The molecule has 1 aromatic heterocycles. The molecule has 0 saturated carbocycles. The minimum absolute atomic E-state index is 0.0807. The van der Waals surface area contributed by atoms with Crippen LogP contribution in [0.4, 0.5) is 0 Å². The maximum absolute atomic E-state index is 12.5. The van der Waals surface area contributed by atoms with Gasteiger partial charge in [0.25, 0.3) is 0 Å². The molecular weight excluding hydrogens is 320 g/mol. The van der Waals surface area contributed by atoms with Crippen LogP contribution in [0.1, 0.15) is 18.4 Å². The van der Waals surface area contributed by atoms with Gasteiger partial charge in [0.2, 0.25) is 11.8 Å². The molecule has 1 fully saturated rings. The van der Waals surface area contributed by atoms with Crippen LogP contribution in [-0.2, 0) is 20.7 Å². The topological polar surface area (TPSA) is 109 Å². The number of aromatic amines is 1. The van der Waals surface area contributed by atoms with Crippen molar-refractivity contribution >= 4 is 22.7 Å². The van der Waals surface area contributed by atoms with E-state index in [1.54, 1.807) is 7.05 Å². The number of nitrogens with two attached hydrogens (primary N) is 1. The Morgan fingerprint density at radius 1 is 1.36 bits per heavy atom. The van der Waals surface area contributed by atoms with Crippen molar-refractivity contribution in [2.24, 2.45) is 5.73 Å². The molecule has 0 spiro atoms. The number of H-pyrrole nitrogens is 1. The van der Waals surface area contributed by atoms with Gasteiger partial charge in [-0.1, -0.05) is 18.2 Å². The smallest absolute Gasteiger partial charge is 0.249 e. The lowest BCUT2D eigenvalue weighted by atomic mass is 10.0. The molecule has 3 atom stereocenters. The zero-order valence-corrected chi connectivity index (χ0v) is 14.2. The molecule has 0 bridgehead atoms. The first kappa shape index (κ1) is 17.4. The van der Waals surface area contributed by atoms with Crippen molar-refractivity contribution in [1.82, 2.24) is 15.6 Å². The van der Waals surface area contributed by atoms with E-state index in [0.29, 0.717) is 19.4 Å². The Bertz CT molecular complexity index is 758. The van der Waals surface area contributed by atoms with Crippen LogP contribution in [-0.4, -0.2) is 48.6 Å². The van der Waals surface area contributed by atoms with Crippen LogP contribution < -0.4 is 16.4 Å². The van der Waals surface area contributed by atoms with E-state index >= 15 is 0 Å². The van der Waals surface area contributed by atoms with Crippen molar-refractivity contribution in [1.29, 1.82) is 0 Å². The maximum Gasteiger partial charge on any atom is 0.249 e. The molecule has 0 radical (unpaired) electrons. The third-order valence-corrected chi connectivity index (χ3v) is 4.64. The molecule has 134 valence electrons. The van der Waals surface area contributed by atoms with Gasteiger partial charge in [0, 0.05) is 37.1 Å². The lowest BCUT2D eigenvalue weighted by Gasteiger charge is -2.20. The summed E-state index contributed by atoms with van der Waals surface area (Å²) in [4.78, 5) is 27.9. The Morgan fingerprint density at radius 2 is 2.16 bits per heavy atom. The molecule has 1 aromatic carbocycles. The number of amides is 2. The summed E-state index contributed by atoms with van der Waals surface area (Å²) >= 11 is 0. The highest BCUT2D eigenvalue weighted by atomic mass is 16.5. The molecule has 25 heavy (non-hydrogen) atoms. The molecule has 5 N–H and O–H groups in total. The number of ether oxygens (including phenoxy) is 1. The molecule has 0 unspecified atom stereocenters. The number of rotatable bonds is 6. The quantitative estimate of drug-likeness (QED) is 0.610. The van der Waals surface area contributed by atoms with Gasteiger partial charge in [-0.2, -0.15) is 0 Å². The molecule has 1 aliphatic heterocycles. The summed E-state index contributed by atoms with van der Waals surface area (Å²) in [6.45, 7) is 0.401. The number of aromatic nitrogens is 1. The second-order valence-corrected chi connectivity index (χ2v) is 6.30. The number of carbonyl (C=O) groups excluding carboxylic acids is 2. The van der Waals surface area contributed by atoms with Gasteiger partial charge in [0.1, 0.15) is 12.1 Å². The van der Waals surface area contributed by atoms with Crippen LogP contribution in [0.3, 0.4) is 0 Å². The first-order valence-corrected chi connectivity index (χ1v) is 8.55. The Hall–Kier alpha value is -2.38. The molecule has 1 saturated heterocycles. The van der Waals surface area contributed by atoms with Gasteiger partial charge in [-0.3, -0.25) is 9.59 Å². The Morgan fingerprint density at radius 3 is 2.88 bits per heavy atom. The van der Waals surface area contributed by atoms with Crippen molar-refractivity contribution in [2.75, 3.05) is 13.6 Å². The monoisotopic (exact) mass is 344 g/mol. The van der Waals surface area contributed by atoms with Crippen molar-refractivity contribution < 1.29 is 14.3 Å². The molecule has 7 nitrogen and oxygen atoms in total. The fourth-order valence-electron chi connectivity index (χ4n) is 3.24. The third kappa shape index (κ3) is 3.83. The molecule has 1 aliphatic rings. The van der Waals surface area contributed by atoms with Crippen molar-refractivity contribution in [3.63, 3.8) is 0 Å². The molecule has 2 aromatic rings. The van der Waals surface area contributed by atoms with Crippen molar-refractivity contribution in [2.45, 2.75) is 37.5 Å². The number of benzene rings is 1. The lowest BCUT2D eigenvalue weighted by molar-refractivity contribution is -0.135. The number of fused-ring (bicyclic) bond motifs is 1. The van der Waals surface area contributed by atoms with Crippen molar-refractivity contribution in [3.05, 3.63) is 36.0 Å². The van der Waals surface area contributed by atoms with Crippen LogP contribution in [0.15, 0.2) is 30.5 Å². The Kier molecular flexibility index (Phi) is 5.35. The van der Waals surface area contributed by atoms with E-state index in [2.05, 4.69) is 15.6 Å². The van der Waals surface area contributed by atoms with Crippen LogP contribution >= 0.6 is 0 Å². The summed E-state index contributed by atoms with van der Waals surface area (Å²) < 4.78 is 5.62. The van der Waals surface area contributed by atoms with Crippen LogP contribution in [0, 0.1) is 0 Å². The number of hydrogen-bond donors (Lipinski definition) is 4. The fourth-order valence-corrected chi connectivity index (χ4v) is 3.24. The zero-order valence-electron chi connectivity index (χ0n) is 14.2. The summed E-state index contributed by atoms with van der Waals surface area (Å²) in [5.74, 6) is -0.489. The number of likely N-dealkylation sites (N-methyl/N-ethyl adjacent to an activating group) is 1. The lowest BCUT2D eigenvalue weighted by Crippen LogP contribution is -2.50. The molecular formula is C18H24N4O3. The average Bonchev–Trinajstić information content (AvgIpc) is 3.27. The third-order valence-electron chi connectivity index (χ3n) is 4.64. The predicted molar refractivity (Wildman–Crippen MR) is 94.9 cm³/mol. The molecule has 2 amide bonds. The van der Waals surface area contributed by atoms with E-state index in [9.17, 15) is 9.59 Å². The first-order valence-electron chi connectivity index (χ1n) is 8.55. The second kappa shape index (κ2) is 7.67. The maximum atomic E-state index is 12.5. The van der Waals surface area contributed by atoms with E-state index in [4.69, 9.17) is 10.5 Å². The number of para-hydroxylation sites is 1. The van der Waals surface area contributed by atoms with E-state index in [1.165, 1.54) is 0 Å². The number of nitrogens with one attached hydrogen (secondary N) is 3. The van der Waals surface area contributed by atoms with Crippen molar-refractivity contribution in [3.8, 4) is 0 Å². The highest BCUT2D eigenvalue weighted by Gasteiger charge is 2.32. The summed E-state index contributed by atoms with van der Waals surface area (Å²) in [6.07, 6.45) is 3.06. The number of hydrogen-bond acceptors (Lipinski definition) is 4. The zero-order chi connectivity index (χ0) is 17.8. The van der Waals surface area contributed by atoms with E-state index in [-0.39, 0.29) is 17.9 Å². The van der Waals surface area contributed by atoms with E-state index in [1.807, 2.05) is 30.5 Å². The van der Waals surface area contributed by atoms with E-state index < -0.39 is 12.1 Å². The SMILES string of the molecule is CNC(=O)[C@H](Cc1c[nH]c2ccccc12)NC(=O)[C@@H]1CC[C@H](CN)O1. The van der Waals surface area contributed by atoms with Gasteiger partial charge in [-0.25, -0.2) is 0 Å². The Labute approximate surface area is 146 Å². The van der Waals surface area contributed by atoms with Gasteiger partial charge >= 0.3 is 0 Å². The fraction of sp³-hybridized carbons (Fsp3) is 0.444. The molecule has 2 heterocycles. The van der Waals surface area contributed by atoms with Crippen LogP contribution in [0.2, 0.25) is 0 Å². The van der Waals surface area contributed by atoms with Gasteiger partial charge in [-0.05, 0) is 24.5 Å². The Balaban J connectivity index is 1.72. The highest BCUT2D eigenvalue weighted by molar-refractivity contribution is 5.90. The minimum Gasteiger partial charge on any atom is -0.364 e.